The molecule has 0 aromatic heterocycles. The van der Waals surface area contributed by atoms with Crippen molar-refractivity contribution in [1.29, 1.82) is 5.26 Å². The SMILES string of the molecule is CCCOc1ccc(-c2ccc(-c3ccc(C#N)cc3)cc2)cc1. The summed E-state index contributed by atoms with van der Waals surface area (Å²) in [4.78, 5) is 0. The zero-order valence-electron chi connectivity index (χ0n) is 13.7. The fraction of sp³-hybridized carbons (Fsp3) is 0.136. The van der Waals surface area contributed by atoms with Crippen molar-refractivity contribution in [2.75, 3.05) is 6.61 Å². The molecule has 3 rings (SSSR count). The lowest BCUT2D eigenvalue weighted by Crippen LogP contribution is -1.94. The third-order valence-corrected chi connectivity index (χ3v) is 3.89. The Kier molecular flexibility index (Phi) is 4.93. The van der Waals surface area contributed by atoms with Crippen LogP contribution < -0.4 is 4.74 Å². The van der Waals surface area contributed by atoms with E-state index in [2.05, 4.69) is 49.4 Å². The summed E-state index contributed by atoms with van der Waals surface area (Å²) in [6, 6.07) is 26.4. The molecule has 0 heterocycles. The van der Waals surface area contributed by atoms with Crippen LogP contribution in [0.2, 0.25) is 0 Å². The number of rotatable bonds is 5. The van der Waals surface area contributed by atoms with E-state index in [0.717, 1.165) is 29.9 Å². The second kappa shape index (κ2) is 7.48. The van der Waals surface area contributed by atoms with Gasteiger partial charge in [-0.15, -0.1) is 0 Å². The molecule has 2 nitrogen and oxygen atoms in total. The van der Waals surface area contributed by atoms with Gasteiger partial charge in [0.25, 0.3) is 0 Å². The topological polar surface area (TPSA) is 33.0 Å². The smallest absolute Gasteiger partial charge is 0.119 e. The molecule has 118 valence electrons. The van der Waals surface area contributed by atoms with Gasteiger partial charge in [-0.2, -0.15) is 5.26 Å². The van der Waals surface area contributed by atoms with Crippen LogP contribution in [0.4, 0.5) is 0 Å². The molecule has 0 amide bonds. The molecule has 0 saturated carbocycles. The van der Waals surface area contributed by atoms with E-state index < -0.39 is 0 Å². The summed E-state index contributed by atoms with van der Waals surface area (Å²) in [5, 5.41) is 8.87. The largest absolute Gasteiger partial charge is 0.494 e. The van der Waals surface area contributed by atoms with Crippen LogP contribution in [0.3, 0.4) is 0 Å². The van der Waals surface area contributed by atoms with Gasteiger partial charge in [0.05, 0.1) is 18.2 Å². The lowest BCUT2D eigenvalue weighted by Gasteiger charge is -2.07. The number of hydrogen-bond donors (Lipinski definition) is 0. The molecule has 0 atom stereocenters. The van der Waals surface area contributed by atoms with Crippen molar-refractivity contribution in [1.82, 2.24) is 0 Å². The molecular weight excluding hydrogens is 294 g/mol. The second-order valence-electron chi connectivity index (χ2n) is 5.64. The highest BCUT2D eigenvalue weighted by molar-refractivity contribution is 5.71. The van der Waals surface area contributed by atoms with Gasteiger partial charge in [-0.3, -0.25) is 0 Å². The molecule has 2 heteroatoms. The summed E-state index contributed by atoms with van der Waals surface area (Å²) in [6.07, 6.45) is 1.01. The molecule has 0 aliphatic rings. The summed E-state index contributed by atoms with van der Waals surface area (Å²) in [5.74, 6) is 0.912. The van der Waals surface area contributed by atoms with Crippen molar-refractivity contribution >= 4 is 0 Å². The predicted molar refractivity (Wildman–Crippen MR) is 97.8 cm³/mol. The predicted octanol–water partition coefficient (Wildman–Crippen LogP) is 5.68. The number of hydrogen-bond acceptors (Lipinski definition) is 2. The van der Waals surface area contributed by atoms with Crippen molar-refractivity contribution in [2.24, 2.45) is 0 Å². The first kappa shape index (κ1) is 15.8. The molecule has 0 N–H and O–H groups in total. The first-order chi connectivity index (χ1) is 11.8. The van der Waals surface area contributed by atoms with Gasteiger partial charge in [0.15, 0.2) is 0 Å². The first-order valence-corrected chi connectivity index (χ1v) is 8.14. The highest BCUT2D eigenvalue weighted by atomic mass is 16.5. The second-order valence-corrected chi connectivity index (χ2v) is 5.64. The Morgan fingerprint density at radius 1 is 0.708 bits per heavy atom. The van der Waals surface area contributed by atoms with Crippen molar-refractivity contribution in [3.8, 4) is 34.1 Å². The lowest BCUT2D eigenvalue weighted by molar-refractivity contribution is 0.317. The van der Waals surface area contributed by atoms with E-state index in [9.17, 15) is 0 Å². The molecule has 0 spiro atoms. The number of nitriles is 1. The van der Waals surface area contributed by atoms with Gasteiger partial charge in [-0.1, -0.05) is 55.5 Å². The summed E-state index contributed by atoms with van der Waals surface area (Å²) in [6.45, 7) is 2.85. The molecule has 0 unspecified atom stereocenters. The fourth-order valence-electron chi connectivity index (χ4n) is 2.56. The normalized spacial score (nSPS) is 10.2. The Balaban J connectivity index is 1.77. The highest BCUT2D eigenvalue weighted by Crippen LogP contribution is 2.26. The van der Waals surface area contributed by atoms with Gasteiger partial charge in [-0.05, 0) is 52.9 Å². The molecule has 3 aromatic rings. The van der Waals surface area contributed by atoms with E-state index in [1.807, 2.05) is 36.4 Å². The monoisotopic (exact) mass is 313 g/mol. The summed E-state index contributed by atoms with van der Waals surface area (Å²) >= 11 is 0. The molecule has 3 aromatic carbocycles. The number of ether oxygens (including phenoxy) is 1. The van der Waals surface area contributed by atoms with Crippen LogP contribution in [0.1, 0.15) is 18.9 Å². The molecule has 0 radical (unpaired) electrons. The van der Waals surface area contributed by atoms with Gasteiger partial charge in [0.2, 0.25) is 0 Å². The van der Waals surface area contributed by atoms with E-state index >= 15 is 0 Å². The van der Waals surface area contributed by atoms with Crippen LogP contribution >= 0.6 is 0 Å². The standard InChI is InChI=1S/C22H19NO/c1-2-15-24-22-13-11-21(12-14-22)20-9-7-19(8-10-20)18-5-3-17(16-23)4-6-18/h3-14H,2,15H2,1H3. The molecule has 0 aliphatic carbocycles. The van der Waals surface area contributed by atoms with Crippen LogP contribution in [0.15, 0.2) is 72.8 Å². The minimum Gasteiger partial charge on any atom is -0.494 e. The maximum absolute atomic E-state index is 8.87. The fourth-order valence-corrected chi connectivity index (χ4v) is 2.56. The van der Waals surface area contributed by atoms with Crippen LogP contribution in [0, 0.1) is 11.3 Å². The maximum atomic E-state index is 8.87. The van der Waals surface area contributed by atoms with Crippen molar-refractivity contribution in [2.45, 2.75) is 13.3 Å². The van der Waals surface area contributed by atoms with Crippen LogP contribution in [0.25, 0.3) is 22.3 Å². The Hall–Kier alpha value is -3.05. The van der Waals surface area contributed by atoms with Crippen molar-refractivity contribution < 1.29 is 4.74 Å². The van der Waals surface area contributed by atoms with Crippen LogP contribution in [-0.4, -0.2) is 6.61 Å². The summed E-state index contributed by atoms with van der Waals surface area (Å²) in [5.41, 5.74) is 5.29. The molecule has 0 fully saturated rings. The molecule has 0 bridgehead atoms. The van der Waals surface area contributed by atoms with Gasteiger partial charge < -0.3 is 4.74 Å². The average molecular weight is 313 g/mol. The minimum absolute atomic E-state index is 0.681. The van der Waals surface area contributed by atoms with Gasteiger partial charge in [0, 0.05) is 0 Å². The zero-order valence-corrected chi connectivity index (χ0v) is 13.7. The van der Waals surface area contributed by atoms with E-state index in [-0.39, 0.29) is 0 Å². The Morgan fingerprint density at radius 3 is 1.54 bits per heavy atom. The van der Waals surface area contributed by atoms with E-state index in [1.165, 1.54) is 11.1 Å². The Bertz CT molecular complexity index is 825. The molecular formula is C22H19NO. The summed E-state index contributed by atoms with van der Waals surface area (Å²) in [7, 11) is 0. The molecule has 0 saturated heterocycles. The van der Waals surface area contributed by atoms with Gasteiger partial charge in [0.1, 0.15) is 5.75 Å². The Morgan fingerprint density at radius 2 is 1.12 bits per heavy atom. The Labute approximate surface area is 143 Å². The van der Waals surface area contributed by atoms with Gasteiger partial charge in [-0.25, -0.2) is 0 Å². The lowest BCUT2D eigenvalue weighted by atomic mass is 10.00. The number of nitrogens with zero attached hydrogens (tertiary/aromatic N) is 1. The quantitative estimate of drug-likeness (QED) is 0.607. The third kappa shape index (κ3) is 3.64. The van der Waals surface area contributed by atoms with E-state index in [0.29, 0.717) is 5.56 Å². The highest BCUT2D eigenvalue weighted by Gasteiger charge is 2.02. The van der Waals surface area contributed by atoms with Crippen molar-refractivity contribution in [3.05, 3.63) is 78.4 Å². The molecule has 0 aliphatic heterocycles. The van der Waals surface area contributed by atoms with E-state index in [1.54, 1.807) is 0 Å². The number of benzene rings is 3. The summed E-state index contributed by atoms with van der Waals surface area (Å²) < 4.78 is 5.62. The first-order valence-electron chi connectivity index (χ1n) is 8.14. The van der Waals surface area contributed by atoms with Crippen molar-refractivity contribution in [3.63, 3.8) is 0 Å². The van der Waals surface area contributed by atoms with Gasteiger partial charge >= 0.3 is 0 Å². The minimum atomic E-state index is 0.681. The average Bonchev–Trinajstić information content (AvgIpc) is 2.67. The van der Waals surface area contributed by atoms with Crippen LogP contribution in [-0.2, 0) is 0 Å². The van der Waals surface area contributed by atoms with E-state index in [4.69, 9.17) is 10.00 Å². The van der Waals surface area contributed by atoms with Crippen LogP contribution in [0.5, 0.6) is 5.75 Å². The third-order valence-electron chi connectivity index (χ3n) is 3.89. The maximum Gasteiger partial charge on any atom is 0.119 e. The molecule has 24 heavy (non-hydrogen) atoms. The zero-order chi connectivity index (χ0) is 16.8.